The number of imidazole rings is 1. The Labute approximate surface area is 219 Å². The molecule has 2 aromatic heterocycles. The lowest BCUT2D eigenvalue weighted by Gasteiger charge is -2.17. The van der Waals surface area contributed by atoms with E-state index >= 15 is 0 Å². The number of halogens is 3. The van der Waals surface area contributed by atoms with Gasteiger partial charge in [0, 0.05) is 25.2 Å². The molecule has 2 aromatic carbocycles. The van der Waals surface area contributed by atoms with E-state index in [2.05, 4.69) is 15.0 Å². The van der Waals surface area contributed by atoms with Crippen LogP contribution < -0.4 is 24.6 Å². The summed E-state index contributed by atoms with van der Waals surface area (Å²) in [5.74, 6) is -1.99. The van der Waals surface area contributed by atoms with Crippen molar-refractivity contribution in [3.8, 4) is 28.8 Å². The Morgan fingerprint density at radius 3 is 2.50 bits per heavy atom. The zero-order valence-electron chi connectivity index (χ0n) is 20.3. The van der Waals surface area contributed by atoms with E-state index < -0.39 is 30.5 Å². The molecule has 38 heavy (non-hydrogen) atoms. The minimum Gasteiger partial charge on any atom is -0.496 e. The molecule has 14 heteroatoms. The molecule has 202 valence electrons. The van der Waals surface area contributed by atoms with Crippen LogP contribution >= 0.6 is 11.6 Å². The number of benzene rings is 2. The number of nitrogens with zero attached hydrogens (tertiary/aromatic N) is 3. The van der Waals surface area contributed by atoms with E-state index in [0.717, 1.165) is 10.6 Å². The average molecular weight is 553 g/mol. The smallest absolute Gasteiger partial charge is 0.332 e. The predicted octanol–water partition coefficient (Wildman–Crippen LogP) is 2.89. The summed E-state index contributed by atoms with van der Waals surface area (Å²) in [4.78, 5) is 23.8. The second-order valence-corrected chi connectivity index (χ2v) is 8.19. The van der Waals surface area contributed by atoms with Gasteiger partial charge in [-0.05, 0) is 12.1 Å². The van der Waals surface area contributed by atoms with Gasteiger partial charge in [0.1, 0.15) is 24.5 Å². The Bertz CT molecular complexity index is 1530. The average Bonchev–Trinajstić information content (AvgIpc) is 3.25. The van der Waals surface area contributed by atoms with Crippen molar-refractivity contribution in [2.24, 2.45) is 0 Å². The molecule has 3 N–H and O–H groups in total. The summed E-state index contributed by atoms with van der Waals surface area (Å²) in [7, 11) is 2.65. The maximum absolute atomic E-state index is 14.5. The van der Waals surface area contributed by atoms with E-state index in [9.17, 15) is 18.7 Å². The monoisotopic (exact) mass is 552 g/mol. The van der Waals surface area contributed by atoms with Crippen molar-refractivity contribution in [1.82, 2.24) is 19.5 Å². The van der Waals surface area contributed by atoms with Crippen molar-refractivity contribution in [3.05, 3.63) is 62.8 Å². The number of aromatic nitrogens is 4. The van der Waals surface area contributed by atoms with Crippen LogP contribution in [0.25, 0.3) is 16.9 Å². The zero-order valence-corrected chi connectivity index (χ0v) is 21.0. The van der Waals surface area contributed by atoms with Gasteiger partial charge in [-0.2, -0.15) is 4.98 Å². The Hall–Kier alpha value is -3.94. The third-order valence-electron chi connectivity index (χ3n) is 5.44. The second-order valence-electron chi connectivity index (χ2n) is 7.78. The highest BCUT2D eigenvalue weighted by Crippen LogP contribution is 2.37. The van der Waals surface area contributed by atoms with Crippen molar-refractivity contribution in [2.45, 2.75) is 19.6 Å². The zero-order chi connectivity index (χ0) is 27.4. The Kier molecular flexibility index (Phi) is 8.29. The molecule has 0 atom stereocenters. The molecule has 0 bridgehead atoms. The summed E-state index contributed by atoms with van der Waals surface area (Å²) >= 11 is 6.52. The highest BCUT2D eigenvalue weighted by molar-refractivity contribution is 6.32. The van der Waals surface area contributed by atoms with Gasteiger partial charge in [0.05, 0.1) is 37.1 Å². The molecule has 0 radical (unpaired) electrons. The lowest BCUT2D eigenvalue weighted by Crippen LogP contribution is -2.16. The number of aliphatic hydroxyl groups excluding tert-OH is 2. The number of fused-ring (bicyclic) bond motifs is 1. The van der Waals surface area contributed by atoms with Gasteiger partial charge >= 0.3 is 5.69 Å². The number of rotatable bonds is 11. The molecule has 11 nitrogen and oxygen atoms in total. The quantitative estimate of drug-likeness (QED) is 0.239. The molecule has 0 unspecified atom stereocenters. The molecule has 0 amide bonds. The van der Waals surface area contributed by atoms with Crippen molar-refractivity contribution < 1.29 is 37.9 Å². The Balaban J connectivity index is 1.84. The van der Waals surface area contributed by atoms with Crippen molar-refractivity contribution in [2.75, 3.05) is 27.4 Å². The predicted molar refractivity (Wildman–Crippen MR) is 131 cm³/mol. The molecule has 0 aliphatic rings. The van der Waals surface area contributed by atoms with E-state index in [-0.39, 0.29) is 69.6 Å². The number of hydrogen-bond acceptors (Lipinski definition) is 9. The molecular weight excluding hydrogens is 530 g/mol. The number of aliphatic hydroxyl groups is 2. The van der Waals surface area contributed by atoms with Crippen LogP contribution in [-0.4, -0.2) is 57.2 Å². The molecule has 2 heterocycles. The molecule has 0 saturated heterocycles. The van der Waals surface area contributed by atoms with Crippen LogP contribution in [0.5, 0.6) is 23.1 Å². The van der Waals surface area contributed by atoms with Crippen molar-refractivity contribution in [3.63, 3.8) is 0 Å². The van der Waals surface area contributed by atoms with Gasteiger partial charge in [-0.1, -0.05) is 11.6 Å². The first kappa shape index (κ1) is 27.1. The first-order valence-corrected chi connectivity index (χ1v) is 11.6. The van der Waals surface area contributed by atoms with Gasteiger partial charge in [0.2, 0.25) is 5.88 Å². The lowest BCUT2D eigenvalue weighted by molar-refractivity contribution is 0.220. The van der Waals surface area contributed by atoms with E-state index in [0.29, 0.717) is 6.42 Å². The molecule has 0 saturated carbocycles. The van der Waals surface area contributed by atoms with Gasteiger partial charge in [0.15, 0.2) is 34.6 Å². The first-order chi connectivity index (χ1) is 18.3. The van der Waals surface area contributed by atoms with Crippen LogP contribution in [0.1, 0.15) is 17.8 Å². The van der Waals surface area contributed by atoms with E-state index in [1.807, 2.05) is 0 Å². The summed E-state index contributed by atoms with van der Waals surface area (Å²) in [6.07, 6.45) is 0.299. The largest absolute Gasteiger partial charge is 0.496 e. The third-order valence-corrected chi connectivity index (χ3v) is 5.75. The molecule has 0 aliphatic heterocycles. The fourth-order valence-electron chi connectivity index (χ4n) is 3.66. The van der Waals surface area contributed by atoms with Gasteiger partial charge in [-0.15, -0.1) is 0 Å². The summed E-state index contributed by atoms with van der Waals surface area (Å²) in [5.41, 5.74) is -0.515. The minimum absolute atomic E-state index is 0.00710. The highest BCUT2D eigenvalue weighted by atomic mass is 35.5. The normalized spacial score (nSPS) is 11.1. The Morgan fingerprint density at radius 2 is 1.82 bits per heavy atom. The standard InChI is InChI=1S/C24H23ClF2N4O7/c1-35-16-5-4-14(26)20(27)12(16)11-38-18-9-15(13(25)8-17(18)37-7-3-6-32)31-22-21(30-24(31)34)23(36-2)29-19(10-33)28-22/h4-5,8-9,32-33H,3,6-7,10-11H2,1-2H3,(H,30,34). The highest BCUT2D eigenvalue weighted by Gasteiger charge is 2.22. The van der Waals surface area contributed by atoms with E-state index in [1.165, 1.54) is 32.4 Å². The number of nitrogens with one attached hydrogen (secondary N) is 1. The maximum atomic E-state index is 14.5. The first-order valence-electron chi connectivity index (χ1n) is 11.2. The summed E-state index contributed by atoms with van der Waals surface area (Å²) < 4.78 is 51.4. The molecule has 0 spiro atoms. The molecule has 0 fully saturated rings. The van der Waals surface area contributed by atoms with Crippen LogP contribution in [0.3, 0.4) is 0 Å². The second kappa shape index (κ2) is 11.6. The summed E-state index contributed by atoms with van der Waals surface area (Å²) in [6.45, 7) is -1.02. The molecular formula is C24H23ClF2N4O7. The van der Waals surface area contributed by atoms with E-state index in [4.69, 9.17) is 35.7 Å². The number of aromatic amines is 1. The van der Waals surface area contributed by atoms with Gasteiger partial charge in [0.25, 0.3) is 0 Å². The lowest BCUT2D eigenvalue weighted by atomic mass is 10.2. The van der Waals surface area contributed by atoms with Gasteiger partial charge in [-0.25, -0.2) is 23.1 Å². The fraction of sp³-hybridized carbons (Fsp3) is 0.292. The Morgan fingerprint density at radius 1 is 1.05 bits per heavy atom. The van der Waals surface area contributed by atoms with Crippen LogP contribution in [0, 0.1) is 11.6 Å². The fourth-order valence-corrected chi connectivity index (χ4v) is 3.90. The van der Waals surface area contributed by atoms with Gasteiger partial charge in [-0.3, -0.25) is 4.98 Å². The van der Waals surface area contributed by atoms with Crippen LogP contribution in [0.4, 0.5) is 8.78 Å². The number of H-pyrrole nitrogens is 1. The summed E-state index contributed by atoms with van der Waals surface area (Å²) in [5, 5.41) is 18.7. The van der Waals surface area contributed by atoms with Gasteiger partial charge < -0.3 is 29.2 Å². The third kappa shape index (κ3) is 5.21. The summed E-state index contributed by atoms with van der Waals surface area (Å²) in [6, 6.07) is 4.93. The van der Waals surface area contributed by atoms with Crippen LogP contribution in [0.15, 0.2) is 29.1 Å². The molecule has 4 aromatic rings. The topological polar surface area (TPSA) is 141 Å². The van der Waals surface area contributed by atoms with Crippen molar-refractivity contribution >= 4 is 22.8 Å². The van der Waals surface area contributed by atoms with E-state index in [1.54, 1.807) is 0 Å². The SMILES string of the molecule is COc1ccc(F)c(F)c1COc1cc(-n2c(=O)[nH]c3c(OC)nc(CO)nc32)c(Cl)cc1OCCCO. The molecule has 0 aliphatic carbocycles. The molecule has 4 rings (SSSR count). The van der Waals surface area contributed by atoms with Crippen LogP contribution in [0.2, 0.25) is 5.02 Å². The number of hydrogen-bond donors (Lipinski definition) is 3. The maximum Gasteiger partial charge on any atom is 0.332 e. The van der Waals surface area contributed by atoms with Crippen molar-refractivity contribution in [1.29, 1.82) is 0 Å². The number of methoxy groups -OCH3 is 2. The van der Waals surface area contributed by atoms with Crippen LogP contribution in [-0.2, 0) is 13.2 Å². The minimum atomic E-state index is -1.14. The number of ether oxygens (including phenoxy) is 4.